The summed E-state index contributed by atoms with van der Waals surface area (Å²) in [5.74, 6) is 1.01. The number of nitrogens with one attached hydrogen (secondary N) is 1. The standard InChI is InChI=1S/C17H23N3OS2/c1-9(2)15-11(4)23-14(20-15)7-13(21)19-16(12-5-6-12)17-18-10(3)8-22-17/h8-9,12,16H,5-7H2,1-4H3,(H,19,21). The van der Waals surface area contributed by atoms with Crippen molar-refractivity contribution in [3.05, 3.63) is 31.7 Å². The number of amides is 1. The highest BCUT2D eigenvalue weighted by molar-refractivity contribution is 7.11. The quantitative estimate of drug-likeness (QED) is 0.852. The van der Waals surface area contributed by atoms with Crippen molar-refractivity contribution in [1.82, 2.24) is 15.3 Å². The molecule has 0 radical (unpaired) electrons. The van der Waals surface area contributed by atoms with Crippen LogP contribution in [0.1, 0.15) is 64.9 Å². The van der Waals surface area contributed by atoms with Gasteiger partial charge < -0.3 is 5.32 Å². The third kappa shape index (κ3) is 3.98. The van der Waals surface area contributed by atoms with Crippen molar-refractivity contribution in [2.24, 2.45) is 5.92 Å². The van der Waals surface area contributed by atoms with Crippen LogP contribution in [-0.2, 0) is 11.2 Å². The van der Waals surface area contributed by atoms with Gasteiger partial charge in [0.25, 0.3) is 0 Å². The first-order chi connectivity index (χ1) is 10.9. The molecule has 1 atom stereocenters. The van der Waals surface area contributed by atoms with Crippen molar-refractivity contribution in [1.29, 1.82) is 0 Å². The van der Waals surface area contributed by atoms with Crippen LogP contribution in [0.25, 0.3) is 0 Å². The monoisotopic (exact) mass is 349 g/mol. The van der Waals surface area contributed by atoms with E-state index in [-0.39, 0.29) is 11.9 Å². The molecule has 1 aliphatic carbocycles. The predicted molar refractivity (Wildman–Crippen MR) is 95.1 cm³/mol. The zero-order valence-corrected chi connectivity index (χ0v) is 15.7. The molecule has 0 bridgehead atoms. The van der Waals surface area contributed by atoms with Gasteiger partial charge in [0.15, 0.2) is 0 Å². The maximum atomic E-state index is 12.5. The normalized spacial score (nSPS) is 15.9. The summed E-state index contributed by atoms with van der Waals surface area (Å²) in [7, 11) is 0. The van der Waals surface area contributed by atoms with Gasteiger partial charge in [0.05, 0.1) is 18.2 Å². The summed E-state index contributed by atoms with van der Waals surface area (Å²) in [6, 6.07) is 0.0758. The van der Waals surface area contributed by atoms with Crippen LogP contribution in [0.3, 0.4) is 0 Å². The van der Waals surface area contributed by atoms with E-state index in [1.807, 2.05) is 6.92 Å². The third-order valence-corrected chi connectivity index (χ3v) is 6.08. The van der Waals surface area contributed by atoms with Crippen molar-refractivity contribution in [2.45, 2.75) is 58.9 Å². The smallest absolute Gasteiger partial charge is 0.227 e. The molecule has 2 aromatic rings. The molecule has 1 amide bonds. The fraction of sp³-hybridized carbons (Fsp3) is 0.588. The van der Waals surface area contributed by atoms with Crippen LogP contribution in [0.5, 0.6) is 0 Å². The van der Waals surface area contributed by atoms with Crippen LogP contribution in [0.15, 0.2) is 5.38 Å². The number of carbonyl (C=O) groups is 1. The summed E-state index contributed by atoms with van der Waals surface area (Å²) in [6.07, 6.45) is 2.72. The first-order valence-corrected chi connectivity index (χ1v) is 9.81. The topological polar surface area (TPSA) is 54.9 Å². The summed E-state index contributed by atoms with van der Waals surface area (Å²) < 4.78 is 0. The molecule has 0 aliphatic heterocycles. The van der Waals surface area contributed by atoms with E-state index in [2.05, 4.69) is 41.4 Å². The van der Waals surface area contributed by atoms with Gasteiger partial charge in [-0.3, -0.25) is 4.79 Å². The number of hydrogen-bond acceptors (Lipinski definition) is 5. The number of nitrogens with zero attached hydrogens (tertiary/aromatic N) is 2. The van der Waals surface area contributed by atoms with Crippen molar-refractivity contribution >= 4 is 28.6 Å². The second-order valence-electron chi connectivity index (χ2n) is 6.59. The van der Waals surface area contributed by atoms with Crippen LogP contribution in [0.4, 0.5) is 0 Å². The SMILES string of the molecule is Cc1csc(C(NC(=O)Cc2nc(C(C)C)c(C)s2)C2CC2)n1. The number of carbonyl (C=O) groups excluding carboxylic acids is 1. The van der Waals surface area contributed by atoms with Crippen molar-refractivity contribution in [3.8, 4) is 0 Å². The van der Waals surface area contributed by atoms with Crippen LogP contribution >= 0.6 is 22.7 Å². The Kier molecular flexibility index (Phi) is 4.82. The van der Waals surface area contributed by atoms with E-state index >= 15 is 0 Å². The molecule has 3 rings (SSSR count). The Morgan fingerprint density at radius 2 is 2.09 bits per heavy atom. The molecule has 1 fully saturated rings. The average Bonchev–Trinajstić information content (AvgIpc) is 3.12. The molecule has 2 aromatic heterocycles. The summed E-state index contributed by atoms with van der Waals surface area (Å²) in [4.78, 5) is 22.9. The second-order valence-corrected chi connectivity index (χ2v) is 8.77. The van der Waals surface area contributed by atoms with Gasteiger partial charge in [-0.2, -0.15) is 0 Å². The molecule has 0 aromatic carbocycles. The molecular weight excluding hydrogens is 326 g/mol. The Morgan fingerprint density at radius 3 is 2.61 bits per heavy atom. The van der Waals surface area contributed by atoms with E-state index in [1.165, 1.54) is 17.7 Å². The molecule has 124 valence electrons. The molecule has 2 heterocycles. The maximum absolute atomic E-state index is 12.5. The molecule has 6 heteroatoms. The van der Waals surface area contributed by atoms with Gasteiger partial charge in [0, 0.05) is 16.0 Å². The zero-order chi connectivity index (χ0) is 16.6. The van der Waals surface area contributed by atoms with E-state index in [1.54, 1.807) is 22.7 Å². The van der Waals surface area contributed by atoms with Gasteiger partial charge in [-0.05, 0) is 38.5 Å². The van der Waals surface area contributed by atoms with Gasteiger partial charge in [-0.15, -0.1) is 22.7 Å². The zero-order valence-electron chi connectivity index (χ0n) is 14.0. The number of aryl methyl sites for hydroxylation is 2. The molecule has 1 N–H and O–H groups in total. The summed E-state index contributed by atoms with van der Waals surface area (Å²) in [5, 5.41) is 7.19. The van der Waals surface area contributed by atoms with E-state index in [9.17, 15) is 4.79 Å². The van der Waals surface area contributed by atoms with Gasteiger partial charge >= 0.3 is 0 Å². The Bertz CT molecular complexity index is 701. The van der Waals surface area contributed by atoms with E-state index in [0.29, 0.717) is 18.3 Å². The summed E-state index contributed by atoms with van der Waals surface area (Å²) in [6.45, 7) is 8.36. The van der Waals surface area contributed by atoms with Crippen molar-refractivity contribution in [2.75, 3.05) is 0 Å². The lowest BCUT2D eigenvalue weighted by Crippen LogP contribution is -2.31. The molecule has 0 saturated heterocycles. The molecular formula is C17H23N3OS2. The second kappa shape index (κ2) is 6.69. The first-order valence-electron chi connectivity index (χ1n) is 8.11. The largest absolute Gasteiger partial charge is 0.346 e. The summed E-state index contributed by atoms with van der Waals surface area (Å²) in [5.41, 5.74) is 2.15. The minimum atomic E-state index is 0.0545. The van der Waals surface area contributed by atoms with E-state index in [4.69, 9.17) is 0 Å². The van der Waals surface area contributed by atoms with E-state index in [0.717, 1.165) is 21.4 Å². The lowest BCUT2D eigenvalue weighted by atomic mass is 10.1. The lowest BCUT2D eigenvalue weighted by molar-refractivity contribution is -0.121. The average molecular weight is 350 g/mol. The van der Waals surface area contributed by atoms with Gasteiger partial charge in [-0.25, -0.2) is 9.97 Å². The fourth-order valence-corrected chi connectivity index (χ4v) is 4.79. The molecule has 1 saturated carbocycles. The number of aromatic nitrogens is 2. The summed E-state index contributed by atoms with van der Waals surface area (Å²) >= 11 is 3.28. The van der Waals surface area contributed by atoms with Crippen molar-refractivity contribution in [3.63, 3.8) is 0 Å². The Morgan fingerprint density at radius 1 is 1.35 bits per heavy atom. The fourth-order valence-electron chi connectivity index (χ4n) is 2.76. The molecule has 0 spiro atoms. The van der Waals surface area contributed by atoms with Crippen LogP contribution in [-0.4, -0.2) is 15.9 Å². The molecule has 4 nitrogen and oxygen atoms in total. The van der Waals surface area contributed by atoms with Crippen LogP contribution < -0.4 is 5.32 Å². The van der Waals surface area contributed by atoms with E-state index < -0.39 is 0 Å². The third-order valence-electron chi connectivity index (χ3n) is 4.05. The molecule has 1 unspecified atom stereocenters. The van der Waals surface area contributed by atoms with Crippen LogP contribution in [0.2, 0.25) is 0 Å². The highest BCUT2D eigenvalue weighted by Gasteiger charge is 2.35. The minimum absolute atomic E-state index is 0.0545. The van der Waals surface area contributed by atoms with Crippen LogP contribution in [0, 0.1) is 19.8 Å². The van der Waals surface area contributed by atoms with Gasteiger partial charge in [0.1, 0.15) is 10.0 Å². The lowest BCUT2D eigenvalue weighted by Gasteiger charge is -2.15. The highest BCUT2D eigenvalue weighted by Crippen LogP contribution is 2.41. The number of thiazole rings is 2. The maximum Gasteiger partial charge on any atom is 0.227 e. The Hall–Kier alpha value is -1.27. The number of rotatable bonds is 6. The first kappa shape index (κ1) is 16.6. The Balaban J connectivity index is 1.67. The minimum Gasteiger partial charge on any atom is -0.346 e. The van der Waals surface area contributed by atoms with Gasteiger partial charge in [0.2, 0.25) is 5.91 Å². The molecule has 23 heavy (non-hydrogen) atoms. The number of hydrogen-bond donors (Lipinski definition) is 1. The Labute approximate surface area is 145 Å². The highest BCUT2D eigenvalue weighted by atomic mass is 32.1. The molecule has 1 aliphatic rings. The predicted octanol–water partition coefficient (Wildman–Crippen LogP) is 4.15. The van der Waals surface area contributed by atoms with Crippen molar-refractivity contribution < 1.29 is 4.79 Å². The van der Waals surface area contributed by atoms with Gasteiger partial charge in [-0.1, -0.05) is 13.8 Å².